The summed E-state index contributed by atoms with van der Waals surface area (Å²) in [6, 6.07) is 0. The molecule has 0 aromatic carbocycles. The highest BCUT2D eigenvalue weighted by Gasteiger charge is 2.29. The van der Waals surface area contributed by atoms with Crippen LogP contribution in [0, 0.1) is 11.8 Å². The van der Waals surface area contributed by atoms with E-state index in [1.807, 2.05) is 0 Å². The number of nitrogens with one attached hydrogen (secondary N) is 1. The van der Waals surface area contributed by atoms with Gasteiger partial charge in [0.05, 0.1) is 0 Å². The van der Waals surface area contributed by atoms with Gasteiger partial charge in [-0.05, 0) is 52.0 Å². The number of rotatable bonds is 3. The van der Waals surface area contributed by atoms with Crippen molar-refractivity contribution in [3.8, 4) is 0 Å². The standard InChI is InChI=1S/C11H23N/c1-5-9-6-7-10(9)8-12-11(2,3)4/h9-10,12H,5-8H2,1-4H3. The zero-order chi connectivity index (χ0) is 9.19. The molecule has 1 nitrogen and oxygen atoms in total. The highest BCUT2D eigenvalue weighted by Crippen LogP contribution is 2.36. The van der Waals surface area contributed by atoms with E-state index in [9.17, 15) is 0 Å². The van der Waals surface area contributed by atoms with Gasteiger partial charge in [-0.25, -0.2) is 0 Å². The second kappa shape index (κ2) is 3.78. The van der Waals surface area contributed by atoms with Gasteiger partial charge < -0.3 is 5.32 Å². The molecular formula is C11H23N. The average molecular weight is 169 g/mol. The number of hydrogen-bond donors (Lipinski definition) is 1. The molecule has 0 radical (unpaired) electrons. The van der Waals surface area contributed by atoms with Gasteiger partial charge >= 0.3 is 0 Å². The molecule has 1 aliphatic rings. The van der Waals surface area contributed by atoms with Gasteiger partial charge in [0.2, 0.25) is 0 Å². The lowest BCUT2D eigenvalue weighted by Crippen LogP contribution is -2.43. The molecule has 0 saturated heterocycles. The molecule has 2 atom stereocenters. The molecule has 0 aliphatic heterocycles. The average Bonchev–Trinajstić information content (AvgIpc) is 1.83. The van der Waals surface area contributed by atoms with Crippen LogP contribution in [0.2, 0.25) is 0 Å². The SMILES string of the molecule is CCC1CCC1CNC(C)(C)C. The van der Waals surface area contributed by atoms with Gasteiger partial charge in [-0.15, -0.1) is 0 Å². The predicted octanol–water partition coefficient (Wildman–Crippen LogP) is 2.81. The molecule has 0 amide bonds. The van der Waals surface area contributed by atoms with Crippen molar-refractivity contribution >= 4 is 0 Å². The largest absolute Gasteiger partial charge is 0.312 e. The molecule has 0 aromatic rings. The molecule has 0 aromatic heterocycles. The van der Waals surface area contributed by atoms with Gasteiger partial charge in [0, 0.05) is 5.54 Å². The summed E-state index contributed by atoms with van der Waals surface area (Å²) in [5.74, 6) is 1.98. The van der Waals surface area contributed by atoms with Crippen molar-refractivity contribution in [2.24, 2.45) is 11.8 Å². The summed E-state index contributed by atoms with van der Waals surface area (Å²) in [5.41, 5.74) is 0.299. The Labute approximate surface area is 76.9 Å². The molecule has 1 N–H and O–H groups in total. The van der Waals surface area contributed by atoms with Crippen LogP contribution in [0.3, 0.4) is 0 Å². The molecule has 1 rings (SSSR count). The molecule has 1 heteroatoms. The van der Waals surface area contributed by atoms with Gasteiger partial charge in [0.25, 0.3) is 0 Å². The maximum absolute atomic E-state index is 3.59. The zero-order valence-corrected chi connectivity index (χ0v) is 8.98. The van der Waals surface area contributed by atoms with E-state index in [1.165, 1.54) is 25.8 Å². The van der Waals surface area contributed by atoms with Crippen molar-refractivity contribution in [2.45, 2.75) is 52.5 Å². The van der Waals surface area contributed by atoms with Crippen LogP contribution in [-0.4, -0.2) is 12.1 Å². The Bertz CT molecular complexity index is 132. The first-order valence-corrected chi connectivity index (χ1v) is 5.28. The Morgan fingerprint density at radius 1 is 1.17 bits per heavy atom. The van der Waals surface area contributed by atoms with Crippen molar-refractivity contribution in [1.29, 1.82) is 0 Å². The smallest absolute Gasteiger partial charge is 0.00966 e. The van der Waals surface area contributed by atoms with Crippen molar-refractivity contribution < 1.29 is 0 Å². The van der Waals surface area contributed by atoms with Crippen molar-refractivity contribution in [3.05, 3.63) is 0 Å². The summed E-state index contributed by atoms with van der Waals surface area (Å²) in [6.45, 7) is 10.3. The van der Waals surface area contributed by atoms with Gasteiger partial charge in [-0.3, -0.25) is 0 Å². The topological polar surface area (TPSA) is 12.0 Å². The van der Waals surface area contributed by atoms with E-state index < -0.39 is 0 Å². The van der Waals surface area contributed by atoms with E-state index in [1.54, 1.807) is 0 Å². The molecule has 1 aliphatic carbocycles. The summed E-state index contributed by atoms with van der Waals surface area (Å²) in [4.78, 5) is 0. The first-order chi connectivity index (χ1) is 5.53. The van der Waals surface area contributed by atoms with Crippen LogP contribution in [-0.2, 0) is 0 Å². The summed E-state index contributed by atoms with van der Waals surface area (Å²) in [5, 5.41) is 3.59. The minimum absolute atomic E-state index is 0.299. The third-order valence-corrected chi connectivity index (χ3v) is 2.99. The lowest BCUT2D eigenvalue weighted by Gasteiger charge is -2.38. The van der Waals surface area contributed by atoms with E-state index in [0.29, 0.717) is 5.54 Å². The Morgan fingerprint density at radius 2 is 1.75 bits per heavy atom. The highest BCUT2D eigenvalue weighted by atomic mass is 14.9. The van der Waals surface area contributed by atoms with Crippen molar-refractivity contribution in [2.75, 3.05) is 6.54 Å². The molecule has 0 spiro atoms. The molecular weight excluding hydrogens is 146 g/mol. The van der Waals surface area contributed by atoms with E-state index in [0.717, 1.165) is 11.8 Å². The maximum atomic E-state index is 3.59. The number of hydrogen-bond acceptors (Lipinski definition) is 1. The Balaban J connectivity index is 2.16. The molecule has 0 heterocycles. The second-order valence-corrected chi connectivity index (χ2v) is 5.14. The summed E-state index contributed by atoms with van der Waals surface area (Å²) < 4.78 is 0. The first kappa shape index (κ1) is 10.0. The minimum atomic E-state index is 0.299. The van der Waals surface area contributed by atoms with Crippen LogP contribution in [0.5, 0.6) is 0 Å². The van der Waals surface area contributed by atoms with Gasteiger partial charge in [-0.1, -0.05) is 13.3 Å². The zero-order valence-electron chi connectivity index (χ0n) is 8.98. The quantitative estimate of drug-likeness (QED) is 0.685. The fraction of sp³-hybridized carbons (Fsp3) is 1.00. The second-order valence-electron chi connectivity index (χ2n) is 5.14. The molecule has 72 valence electrons. The molecule has 12 heavy (non-hydrogen) atoms. The van der Waals surface area contributed by atoms with Crippen LogP contribution in [0.1, 0.15) is 47.0 Å². The van der Waals surface area contributed by atoms with Gasteiger partial charge in [0.15, 0.2) is 0 Å². The van der Waals surface area contributed by atoms with Crippen molar-refractivity contribution in [1.82, 2.24) is 5.32 Å². The van der Waals surface area contributed by atoms with E-state index >= 15 is 0 Å². The van der Waals surface area contributed by atoms with Gasteiger partial charge in [-0.2, -0.15) is 0 Å². The van der Waals surface area contributed by atoms with E-state index in [4.69, 9.17) is 0 Å². The highest BCUT2D eigenvalue weighted by molar-refractivity contribution is 4.83. The summed E-state index contributed by atoms with van der Waals surface area (Å²) >= 11 is 0. The minimum Gasteiger partial charge on any atom is -0.312 e. The van der Waals surface area contributed by atoms with Crippen molar-refractivity contribution in [3.63, 3.8) is 0 Å². The Morgan fingerprint density at radius 3 is 2.08 bits per heavy atom. The van der Waals surface area contributed by atoms with Crippen LogP contribution < -0.4 is 5.32 Å². The third kappa shape index (κ3) is 2.78. The van der Waals surface area contributed by atoms with E-state index in [-0.39, 0.29) is 0 Å². The predicted molar refractivity (Wildman–Crippen MR) is 54.3 cm³/mol. The maximum Gasteiger partial charge on any atom is 0.00966 e. The Kier molecular flexibility index (Phi) is 3.16. The third-order valence-electron chi connectivity index (χ3n) is 2.99. The fourth-order valence-electron chi connectivity index (χ4n) is 1.88. The van der Waals surface area contributed by atoms with Crippen LogP contribution in [0.4, 0.5) is 0 Å². The molecule has 0 bridgehead atoms. The van der Waals surface area contributed by atoms with Gasteiger partial charge in [0.1, 0.15) is 0 Å². The van der Waals surface area contributed by atoms with Crippen LogP contribution >= 0.6 is 0 Å². The molecule has 1 fully saturated rings. The molecule has 2 unspecified atom stereocenters. The lowest BCUT2D eigenvalue weighted by molar-refractivity contribution is 0.155. The summed E-state index contributed by atoms with van der Waals surface area (Å²) in [7, 11) is 0. The fourth-order valence-corrected chi connectivity index (χ4v) is 1.88. The van der Waals surface area contributed by atoms with Crippen LogP contribution in [0.25, 0.3) is 0 Å². The lowest BCUT2D eigenvalue weighted by atomic mass is 9.72. The normalized spacial score (nSPS) is 30.0. The molecule has 1 saturated carbocycles. The van der Waals surface area contributed by atoms with Crippen LogP contribution in [0.15, 0.2) is 0 Å². The first-order valence-electron chi connectivity index (χ1n) is 5.28. The summed E-state index contributed by atoms with van der Waals surface area (Å²) in [6.07, 6.45) is 4.28. The van der Waals surface area contributed by atoms with E-state index in [2.05, 4.69) is 33.0 Å². The monoisotopic (exact) mass is 169 g/mol. The Hall–Kier alpha value is -0.0400.